The quantitative estimate of drug-likeness (QED) is 0.917. The Labute approximate surface area is 112 Å². The van der Waals surface area contributed by atoms with Crippen LogP contribution >= 0.6 is 0 Å². The van der Waals surface area contributed by atoms with Gasteiger partial charge >= 0.3 is 6.09 Å². The van der Waals surface area contributed by atoms with Crippen molar-refractivity contribution in [2.24, 2.45) is 0 Å². The van der Waals surface area contributed by atoms with E-state index in [1.165, 1.54) is 0 Å². The smallest absolute Gasteiger partial charge is 0.410 e. The minimum absolute atomic E-state index is 0.0517. The fourth-order valence-corrected chi connectivity index (χ4v) is 1.66. The zero-order chi connectivity index (χ0) is 13.7. The fraction of sp³-hybridized carbons (Fsp3) is 0.200. The van der Waals surface area contributed by atoms with Crippen LogP contribution in [0.2, 0.25) is 0 Å². The molecule has 0 atom stereocenters. The Hall–Kier alpha value is -2.36. The number of amides is 1. The van der Waals surface area contributed by atoms with Crippen molar-refractivity contribution >= 4 is 6.09 Å². The number of carbonyl (C=O) groups is 1. The Balaban J connectivity index is 2.14. The maximum absolute atomic E-state index is 11.5. The topological polar surface area (TPSA) is 51.2 Å². The van der Waals surface area contributed by atoms with Crippen LogP contribution in [0.15, 0.2) is 48.8 Å². The molecule has 0 fully saturated rings. The van der Waals surface area contributed by atoms with E-state index in [1.807, 2.05) is 44.2 Å². The summed E-state index contributed by atoms with van der Waals surface area (Å²) in [4.78, 5) is 15.5. The third kappa shape index (κ3) is 3.81. The van der Waals surface area contributed by atoms with Crippen molar-refractivity contribution in [2.75, 3.05) is 0 Å². The van der Waals surface area contributed by atoms with Gasteiger partial charge in [-0.3, -0.25) is 4.98 Å². The Morgan fingerprint density at radius 1 is 1.16 bits per heavy atom. The first-order chi connectivity index (χ1) is 9.15. The Bertz CT molecular complexity index is 553. The molecule has 0 saturated heterocycles. The van der Waals surface area contributed by atoms with Gasteiger partial charge in [0.2, 0.25) is 0 Å². The highest BCUT2D eigenvalue weighted by Crippen LogP contribution is 2.23. The second kappa shape index (κ2) is 6.00. The van der Waals surface area contributed by atoms with E-state index < -0.39 is 6.09 Å². The first-order valence-electron chi connectivity index (χ1n) is 6.14. The molecule has 98 valence electrons. The van der Waals surface area contributed by atoms with Crippen LogP contribution in [0.1, 0.15) is 13.8 Å². The van der Waals surface area contributed by atoms with Crippen LogP contribution in [0.3, 0.4) is 0 Å². The monoisotopic (exact) mass is 256 g/mol. The van der Waals surface area contributed by atoms with Crippen LogP contribution in [0.25, 0.3) is 11.1 Å². The first kappa shape index (κ1) is 13.1. The number of hydrogen-bond acceptors (Lipinski definition) is 3. The van der Waals surface area contributed by atoms with Crippen LogP contribution < -0.4 is 10.1 Å². The second-order valence-electron chi connectivity index (χ2n) is 4.45. The average Bonchev–Trinajstić information content (AvgIpc) is 2.39. The highest BCUT2D eigenvalue weighted by molar-refractivity contribution is 5.72. The molecule has 0 aliphatic heterocycles. The summed E-state index contributed by atoms with van der Waals surface area (Å²) in [5.41, 5.74) is 2.02. The molecule has 0 bridgehead atoms. The molecule has 0 aliphatic rings. The Morgan fingerprint density at radius 3 is 2.58 bits per heavy atom. The molecule has 0 radical (unpaired) electrons. The number of ether oxygens (including phenoxy) is 1. The molecule has 4 heteroatoms. The summed E-state index contributed by atoms with van der Waals surface area (Å²) in [6.07, 6.45) is 3.02. The number of pyridine rings is 1. The number of hydrogen-bond donors (Lipinski definition) is 1. The van der Waals surface area contributed by atoms with E-state index in [4.69, 9.17) is 4.74 Å². The Morgan fingerprint density at radius 2 is 1.89 bits per heavy atom. The zero-order valence-electron chi connectivity index (χ0n) is 11.0. The molecule has 1 N–H and O–H groups in total. The molecule has 2 rings (SSSR count). The van der Waals surface area contributed by atoms with E-state index in [2.05, 4.69) is 10.3 Å². The third-order valence-corrected chi connectivity index (χ3v) is 2.46. The average molecular weight is 256 g/mol. The number of benzene rings is 1. The van der Waals surface area contributed by atoms with Crippen LogP contribution in [0, 0.1) is 0 Å². The maximum Gasteiger partial charge on any atom is 0.412 e. The van der Waals surface area contributed by atoms with Gasteiger partial charge in [0.15, 0.2) is 0 Å². The first-order valence-corrected chi connectivity index (χ1v) is 6.14. The molecular weight excluding hydrogens is 240 g/mol. The highest BCUT2D eigenvalue weighted by Gasteiger charge is 2.06. The van der Waals surface area contributed by atoms with Gasteiger partial charge in [0, 0.05) is 18.4 Å². The number of carbonyl (C=O) groups excluding carboxylic acids is 1. The van der Waals surface area contributed by atoms with Crippen molar-refractivity contribution in [1.29, 1.82) is 0 Å². The van der Waals surface area contributed by atoms with Gasteiger partial charge in [-0.1, -0.05) is 12.1 Å². The van der Waals surface area contributed by atoms with Crippen molar-refractivity contribution < 1.29 is 9.53 Å². The van der Waals surface area contributed by atoms with Gasteiger partial charge in [-0.05, 0) is 49.2 Å². The summed E-state index contributed by atoms with van der Waals surface area (Å²) in [6.45, 7) is 3.77. The molecule has 1 aromatic heterocycles. The van der Waals surface area contributed by atoms with Crippen molar-refractivity contribution in [3.8, 4) is 16.9 Å². The van der Waals surface area contributed by atoms with E-state index in [0.29, 0.717) is 5.75 Å². The molecule has 19 heavy (non-hydrogen) atoms. The molecule has 1 aromatic carbocycles. The van der Waals surface area contributed by atoms with Crippen LogP contribution in [0.4, 0.5) is 4.79 Å². The minimum Gasteiger partial charge on any atom is -0.410 e. The molecule has 0 spiro atoms. The molecular formula is C15H16N2O2. The summed E-state index contributed by atoms with van der Waals surface area (Å²) in [6, 6.07) is 11.3. The van der Waals surface area contributed by atoms with Gasteiger partial charge in [0.25, 0.3) is 0 Å². The summed E-state index contributed by atoms with van der Waals surface area (Å²) >= 11 is 0. The number of aromatic nitrogens is 1. The van der Waals surface area contributed by atoms with Gasteiger partial charge in [-0.25, -0.2) is 4.79 Å². The molecule has 0 aliphatic carbocycles. The third-order valence-electron chi connectivity index (χ3n) is 2.46. The van der Waals surface area contributed by atoms with Crippen molar-refractivity contribution in [3.05, 3.63) is 48.8 Å². The minimum atomic E-state index is -0.443. The number of nitrogens with one attached hydrogen (secondary N) is 1. The standard InChI is InChI=1S/C15H16N2O2/c1-11(2)17-15(18)19-14-5-3-4-13(10-14)12-6-8-16-9-7-12/h3-11H,1-2H3,(H,17,18). The van der Waals surface area contributed by atoms with Gasteiger partial charge in [-0.2, -0.15) is 0 Å². The van der Waals surface area contributed by atoms with Gasteiger partial charge in [0.05, 0.1) is 0 Å². The predicted molar refractivity (Wildman–Crippen MR) is 74.0 cm³/mol. The predicted octanol–water partition coefficient (Wildman–Crippen LogP) is 3.25. The van der Waals surface area contributed by atoms with Crippen molar-refractivity contribution in [1.82, 2.24) is 10.3 Å². The lowest BCUT2D eigenvalue weighted by Gasteiger charge is -2.10. The van der Waals surface area contributed by atoms with E-state index in [0.717, 1.165) is 11.1 Å². The normalized spacial score (nSPS) is 10.3. The van der Waals surface area contributed by atoms with Crippen LogP contribution in [-0.4, -0.2) is 17.1 Å². The van der Waals surface area contributed by atoms with E-state index in [9.17, 15) is 4.79 Å². The zero-order valence-corrected chi connectivity index (χ0v) is 11.0. The second-order valence-corrected chi connectivity index (χ2v) is 4.45. The summed E-state index contributed by atoms with van der Waals surface area (Å²) < 4.78 is 5.22. The summed E-state index contributed by atoms with van der Waals surface area (Å²) in [5, 5.41) is 2.68. The van der Waals surface area contributed by atoms with E-state index >= 15 is 0 Å². The SMILES string of the molecule is CC(C)NC(=O)Oc1cccc(-c2ccncc2)c1. The van der Waals surface area contributed by atoms with Crippen molar-refractivity contribution in [3.63, 3.8) is 0 Å². The lowest BCUT2D eigenvalue weighted by Crippen LogP contribution is -2.32. The number of rotatable bonds is 3. The molecule has 2 aromatic rings. The lowest BCUT2D eigenvalue weighted by molar-refractivity contribution is 0.198. The van der Waals surface area contributed by atoms with Crippen molar-refractivity contribution in [2.45, 2.75) is 19.9 Å². The van der Waals surface area contributed by atoms with Gasteiger partial charge < -0.3 is 10.1 Å². The summed E-state index contributed by atoms with van der Waals surface area (Å²) in [7, 11) is 0. The molecule has 0 saturated carbocycles. The molecule has 1 heterocycles. The summed E-state index contributed by atoms with van der Waals surface area (Å²) in [5.74, 6) is 0.521. The molecule has 1 amide bonds. The van der Waals surface area contributed by atoms with E-state index in [1.54, 1.807) is 18.5 Å². The van der Waals surface area contributed by atoms with Crippen LogP contribution in [-0.2, 0) is 0 Å². The largest absolute Gasteiger partial charge is 0.412 e. The molecule has 0 unspecified atom stereocenters. The number of nitrogens with zero attached hydrogens (tertiary/aromatic N) is 1. The lowest BCUT2D eigenvalue weighted by atomic mass is 10.1. The fourth-order valence-electron chi connectivity index (χ4n) is 1.66. The van der Waals surface area contributed by atoms with Gasteiger partial charge in [-0.15, -0.1) is 0 Å². The van der Waals surface area contributed by atoms with Gasteiger partial charge in [0.1, 0.15) is 5.75 Å². The highest BCUT2D eigenvalue weighted by atomic mass is 16.6. The molecule has 4 nitrogen and oxygen atoms in total. The van der Waals surface area contributed by atoms with E-state index in [-0.39, 0.29) is 6.04 Å². The Kier molecular flexibility index (Phi) is 4.13. The maximum atomic E-state index is 11.5. The van der Waals surface area contributed by atoms with Crippen LogP contribution in [0.5, 0.6) is 5.75 Å².